The first-order chi connectivity index (χ1) is 10.7. The minimum atomic E-state index is 0.586. The number of thiazole rings is 1. The largest absolute Gasteiger partial charge is 0.397 e. The predicted molar refractivity (Wildman–Crippen MR) is 92.2 cm³/mol. The average molecular weight is 316 g/mol. The number of aryl methyl sites for hydroxylation is 1. The third-order valence-corrected chi connectivity index (χ3v) is 3.54. The summed E-state index contributed by atoms with van der Waals surface area (Å²) in [5.41, 5.74) is 8.53. The number of anilines is 2. The number of allylic oxidation sites excluding steroid dienone is 2. The lowest BCUT2D eigenvalue weighted by atomic mass is 10.3. The molecule has 0 aromatic carbocycles. The van der Waals surface area contributed by atoms with Gasteiger partial charge >= 0.3 is 0 Å². The highest BCUT2D eigenvalue weighted by Crippen LogP contribution is 2.22. The second-order valence-corrected chi connectivity index (χ2v) is 5.45. The van der Waals surface area contributed by atoms with Crippen LogP contribution < -0.4 is 11.1 Å². The number of hydrogen-bond donors (Lipinski definition) is 2. The van der Waals surface area contributed by atoms with Crippen molar-refractivity contribution in [3.05, 3.63) is 53.2 Å². The van der Waals surface area contributed by atoms with Gasteiger partial charge in [0, 0.05) is 18.2 Å². The van der Waals surface area contributed by atoms with E-state index in [0.29, 0.717) is 18.9 Å². The van der Waals surface area contributed by atoms with Gasteiger partial charge in [0.25, 0.3) is 0 Å². The van der Waals surface area contributed by atoms with E-state index in [4.69, 9.17) is 10.5 Å². The van der Waals surface area contributed by atoms with Crippen molar-refractivity contribution >= 4 is 28.0 Å². The summed E-state index contributed by atoms with van der Waals surface area (Å²) < 4.78 is 5.21. The van der Waals surface area contributed by atoms with E-state index in [1.165, 1.54) is 11.3 Å². The van der Waals surface area contributed by atoms with E-state index in [2.05, 4.69) is 15.3 Å². The molecule has 0 aliphatic rings. The van der Waals surface area contributed by atoms with Crippen LogP contribution in [0.2, 0.25) is 0 Å². The predicted octanol–water partition coefficient (Wildman–Crippen LogP) is 3.48. The highest BCUT2D eigenvalue weighted by molar-refractivity contribution is 7.13. The molecule has 116 valence electrons. The Labute approximate surface area is 134 Å². The average Bonchev–Trinajstić information content (AvgIpc) is 2.95. The molecular formula is C16H20N4OS. The Morgan fingerprint density at radius 3 is 3.14 bits per heavy atom. The molecule has 22 heavy (non-hydrogen) atoms. The van der Waals surface area contributed by atoms with Gasteiger partial charge in [-0.05, 0) is 37.6 Å². The lowest BCUT2D eigenvalue weighted by Crippen LogP contribution is -1.98. The zero-order chi connectivity index (χ0) is 15.8. The third kappa shape index (κ3) is 4.98. The Balaban J connectivity index is 1.98. The molecule has 5 nitrogen and oxygen atoms in total. The van der Waals surface area contributed by atoms with Crippen LogP contribution in [0.4, 0.5) is 10.9 Å². The van der Waals surface area contributed by atoms with Crippen LogP contribution in [0.5, 0.6) is 0 Å². The van der Waals surface area contributed by atoms with E-state index in [-0.39, 0.29) is 0 Å². The van der Waals surface area contributed by atoms with Gasteiger partial charge in [-0.15, -0.1) is 11.3 Å². The van der Waals surface area contributed by atoms with Crippen LogP contribution in [0.25, 0.3) is 5.70 Å². The van der Waals surface area contributed by atoms with Crippen molar-refractivity contribution in [1.29, 1.82) is 0 Å². The number of rotatable bonds is 7. The summed E-state index contributed by atoms with van der Waals surface area (Å²) in [6.07, 6.45) is 7.38. The second-order valence-electron chi connectivity index (χ2n) is 4.59. The van der Waals surface area contributed by atoms with Gasteiger partial charge in [-0.25, -0.2) is 9.97 Å². The summed E-state index contributed by atoms with van der Waals surface area (Å²) >= 11 is 1.49. The van der Waals surface area contributed by atoms with E-state index in [9.17, 15) is 0 Å². The molecule has 6 heteroatoms. The van der Waals surface area contributed by atoms with Gasteiger partial charge in [0.15, 0.2) is 5.13 Å². The molecule has 2 aromatic rings. The molecule has 0 saturated carbocycles. The van der Waals surface area contributed by atoms with Crippen molar-refractivity contribution in [1.82, 2.24) is 9.97 Å². The van der Waals surface area contributed by atoms with Crippen LogP contribution in [0.15, 0.2) is 41.9 Å². The van der Waals surface area contributed by atoms with Gasteiger partial charge in [-0.2, -0.15) is 0 Å². The maximum Gasteiger partial charge on any atom is 0.188 e. The molecule has 2 heterocycles. The fourth-order valence-electron chi connectivity index (χ4n) is 1.68. The summed E-state index contributed by atoms with van der Waals surface area (Å²) in [5.74, 6) is 0.778. The number of nitrogens with two attached hydrogens (primary N) is 1. The molecule has 0 saturated heterocycles. The number of hydrogen-bond acceptors (Lipinski definition) is 6. The molecule has 2 aromatic heterocycles. The fraction of sp³-hybridized carbons (Fsp3) is 0.250. The Morgan fingerprint density at radius 2 is 2.36 bits per heavy atom. The van der Waals surface area contributed by atoms with Crippen molar-refractivity contribution in [2.24, 2.45) is 5.73 Å². The molecule has 0 fully saturated rings. The number of ether oxygens (including phenoxy) is 1. The zero-order valence-electron chi connectivity index (χ0n) is 12.7. The topological polar surface area (TPSA) is 73.1 Å². The van der Waals surface area contributed by atoms with Crippen LogP contribution in [0.1, 0.15) is 18.2 Å². The highest BCUT2D eigenvalue weighted by Gasteiger charge is 2.04. The third-order valence-electron chi connectivity index (χ3n) is 2.78. The van der Waals surface area contributed by atoms with Gasteiger partial charge in [-0.3, -0.25) is 0 Å². The van der Waals surface area contributed by atoms with Crippen molar-refractivity contribution in [3.8, 4) is 0 Å². The lowest BCUT2D eigenvalue weighted by Gasteiger charge is -2.01. The number of pyridine rings is 1. The van der Waals surface area contributed by atoms with Crippen molar-refractivity contribution < 1.29 is 4.74 Å². The SMILES string of the molecule is CCOC/C=C\C=C(/N)c1csc(Nc2cc(C)ccn2)n1. The van der Waals surface area contributed by atoms with Crippen LogP contribution in [0.3, 0.4) is 0 Å². The van der Waals surface area contributed by atoms with Gasteiger partial charge in [0.1, 0.15) is 5.82 Å². The molecule has 0 bridgehead atoms. The molecule has 3 N–H and O–H groups in total. The van der Waals surface area contributed by atoms with Crippen LogP contribution >= 0.6 is 11.3 Å². The van der Waals surface area contributed by atoms with Crippen LogP contribution in [0, 0.1) is 6.92 Å². The Bertz CT molecular complexity index is 664. The van der Waals surface area contributed by atoms with Crippen molar-refractivity contribution in [2.75, 3.05) is 18.5 Å². The van der Waals surface area contributed by atoms with Gasteiger partial charge in [0.05, 0.1) is 18.0 Å². The standard InChI is InChI=1S/C16H20N4OS/c1-3-21-9-5-4-6-13(17)14-11-22-16(19-14)20-15-10-12(2)7-8-18-15/h4-8,10-11H,3,9,17H2,1-2H3,(H,18,19,20)/b5-4-,13-6-. The van der Waals surface area contributed by atoms with Crippen molar-refractivity contribution in [2.45, 2.75) is 13.8 Å². The molecule has 0 aliphatic carbocycles. The molecule has 0 atom stereocenters. The van der Waals surface area contributed by atoms with Gasteiger partial charge < -0.3 is 15.8 Å². The molecule has 2 rings (SSSR count). The van der Waals surface area contributed by atoms with Gasteiger partial charge in [-0.1, -0.05) is 12.2 Å². The van der Waals surface area contributed by atoms with E-state index in [1.807, 2.05) is 49.6 Å². The minimum Gasteiger partial charge on any atom is -0.397 e. The number of aromatic nitrogens is 2. The first-order valence-electron chi connectivity index (χ1n) is 7.04. The Morgan fingerprint density at radius 1 is 1.50 bits per heavy atom. The normalized spacial score (nSPS) is 12.0. The maximum atomic E-state index is 6.01. The summed E-state index contributed by atoms with van der Waals surface area (Å²) in [6, 6.07) is 3.92. The number of nitrogens with zero attached hydrogens (tertiary/aromatic N) is 2. The first-order valence-corrected chi connectivity index (χ1v) is 7.92. The number of nitrogens with one attached hydrogen (secondary N) is 1. The summed E-state index contributed by atoms with van der Waals surface area (Å²) in [5, 5.41) is 5.86. The summed E-state index contributed by atoms with van der Waals surface area (Å²) in [4.78, 5) is 8.71. The van der Waals surface area contributed by atoms with Crippen LogP contribution in [-0.4, -0.2) is 23.2 Å². The maximum absolute atomic E-state index is 6.01. The second kappa shape index (κ2) is 8.31. The van der Waals surface area contributed by atoms with E-state index >= 15 is 0 Å². The fourth-order valence-corrected chi connectivity index (χ4v) is 2.40. The van der Waals surface area contributed by atoms with E-state index < -0.39 is 0 Å². The van der Waals surface area contributed by atoms with E-state index in [1.54, 1.807) is 6.20 Å². The van der Waals surface area contributed by atoms with Crippen molar-refractivity contribution in [3.63, 3.8) is 0 Å². The first kappa shape index (κ1) is 16.2. The highest BCUT2D eigenvalue weighted by atomic mass is 32.1. The van der Waals surface area contributed by atoms with E-state index in [0.717, 1.165) is 22.2 Å². The van der Waals surface area contributed by atoms with Crippen LogP contribution in [-0.2, 0) is 4.74 Å². The smallest absolute Gasteiger partial charge is 0.188 e. The quantitative estimate of drug-likeness (QED) is 0.604. The molecule has 0 spiro atoms. The van der Waals surface area contributed by atoms with Gasteiger partial charge in [0.2, 0.25) is 0 Å². The molecule has 0 unspecified atom stereocenters. The molecule has 0 aliphatic heterocycles. The zero-order valence-corrected chi connectivity index (χ0v) is 13.6. The molecule has 0 radical (unpaired) electrons. The summed E-state index contributed by atoms with van der Waals surface area (Å²) in [6.45, 7) is 5.28. The Hall–Kier alpha value is -2.18. The lowest BCUT2D eigenvalue weighted by molar-refractivity contribution is 0.177. The minimum absolute atomic E-state index is 0.586. The monoisotopic (exact) mass is 316 g/mol. The molecular weight excluding hydrogens is 296 g/mol. The molecule has 0 amide bonds. The Kier molecular flexibility index (Phi) is 6.12. The summed E-state index contributed by atoms with van der Waals surface area (Å²) in [7, 11) is 0.